The molecule has 4 nitrogen and oxygen atoms in total. The zero-order chi connectivity index (χ0) is 16.8. The Morgan fingerprint density at radius 3 is 2.59 bits per heavy atom. The van der Waals surface area contributed by atoms with Gasteiger partial charge in [0.25, 0.3) is 0 Å². The molecule has 0 saturated heterocycles. The van der Waals surface area contributed by atoms with Gasteiger partial charge in [-0.15, -0.1) is 0 Å². The van der Waals surface area contributed by atoms with Gasteiger partial charge in [0.15, 0.2) is 0 Å². The van der Waals surface area contributed by atoms with Gasteiger partial charge in [-0.2, -0.15) is 8.78 Å². The number of carbonyl (C=O) groups excluding carboxylic acids is 1. The Hall–Kier alpha value is -1.21. The van der Waals surface area contributed by atoms with E-state index in [-0.39, 0.29) is 11.7 Å². The van der Waals surface area contributed by atoms with E-state index in [0.29, 0.717) is 25.2 Å². The minimum atomic E-state index is -2.86. The van der Waals surface area contributed by atoms with Crippen LogP contribution in [0.15, 0.2) is 22.7 Å². The lowest BCUT2D eigenvalue weighted by Gasteiger charge is -2.18. The first-order valence-corrected chi connectivity index (χ1v) is 7.71. The lowest BCUT2D eigenvalue weighted by molar-refractivity contribution is -0.128. The topological polar surface area (TPSA) is 50.4 Å². The summed E-state index contributed by atoms with van der Waals surface area (Å²) in [4.78, 5) is 11.7. The van der Waals surface area contributed by atoms with E-state index in [9.17, 15) is 13.6 Å². The molecule has 7 heteroatoms. The Morgan fingerprint density at radius 2 is 2.00 bits per heavy atom. The number of amides is 1. The van der Waals surface area contributed by atoms with Crippen LogP contribution in [-0.4, -0.2) is 25.6 Å². The van der Waals surface area contributed by atoms with Crippen molar-refractivity contribution in [2.45, 2.75) is 33.9 Å². The average molecular weight is 379 g/mol. The van der Waals surface area contributed by atoms with Gasteiger partial charge in [0, 0.05) is 35.1 Å². The first-order chi connectivity index (χ1) is 10.2. The van der Waals surface area contributed by atoms with Gasteiger partial charge >= 0.3 is 6.61 Å². The largest absolute Gasteiger partial charge is 0.434 e. The number of benzene rings is 1. The number of rotatable bonds is 7. The number of carbonyl (C=O) groups is 1. The van der Waals surface area contributed by atoms with Crippen LogP contribution in [0.4, 0.5) is 8.78 Å². The van der Waals surface area contributed by atoms with E-state index in [2.05, 4.69) is 31.3 Å². The maximum Gasteiger partial charge on any atom is 0.387 e. The summed E-state index contributed by atoms with van der Waals surface area (Å²) in [5, 5.41) is 5.89. The molecule has 124 valence electrons. The molecule has 1 rings (SSSR count). The highest BCUT2D eigenvalue weighted by atomic mass is 79.9. The van der Waals surface area contributed by atoms with Gasteiger partial charge in [0.2, 0.25) is 5.91 Å². The Balaban J connectivity index is 2.44. The summed E-state index contributed by atoms with van der Waals surface area (Å²) in [6.07, 6.45) is 0. The van der Waals surface area contributed by atoms with Crippen molar-refractivity contribution in [2.24, 2.45) is 5.41 Å². The van der Waals surface area contributed by atoms with Crippen LogP contribution in [0, 0.1) is 5.41 Å². The van der Waals surface area contributed by atoms with Crippen molar-refractivity contribution >= 4 is 21.8 Å². The van der Waals surface area contributed by atoms with Gasteiger partial charge in [-0.1, -0.05) is 36.7 Å². The SMILES string of the molecule is CC(C)(C)C(=O)NCCNCc1cc(Br)ccc1OC(F)F. The summed E-state index contributed by atoms with van der Waals surface area (Å²) in [5.74, 6) is 0.114. The fourth-order valence-corrected chi connectivity index (χ4v) is 2.06. The Labute approximate surface area is 137 Å². The summed E-state index contributed by atoms with van der Waals surface area (Å²) in [7, 11) is 0. The highest BCUT2D eigenvalue weighted by molar-refractivity contribution is 9.10. The van der Waals surface area contributed by atoms with Crippen LogP contribution in [0.5, 0.6) is 5.75 Å². The molecule has 0 saturated carbocycles. The van der Waals surface area contributed by atoms with Crippen LogP contribution in [0.3, 0.4) is 0 Å². The summed E-state index contributed by atoms with van der Waals surface area (Å²) in [5.41, 5.74) is 0.194. The number of nitrogens with one attached hydrogen (secondary N) is 2. The normalized spacial score (nSPS) is 11.6. The van der Waals surface area contributed by atoms with Crippen molar-refractivity contribution in [3.63, 3.8) is 0 Å². The number of ether oxygens (including phenoxy) is 1. The van der Waals surface area contributed by atoms with Gasteiger partial charge in [0.1, 0.15) is 5.75 Å². The van der Waals surface area contributed by atoms with E-state index in [1.807, 2.05) is 20.8 Å². The molecule has 0 heterocycles. The van der Waals surface area contributed by atoms with Crippen molar-refractivity contribution in [1.82, 2.24) is 10.6 Å². The molecule has 0 spiro atoms. The van der Waals surface area contributed by atoms with Crippen molar-refractivity contribution < 1.29 is 18.3 Å². The van der Waals surface area contributed by atoms with Gasteiger partial charge in [-0.3, -0.25) is 4.79 Å². The number of alkyl halides is 2. The highest BCUT2D eigenvalue weighted by Gasteiger charge is 2.20. The Morgan fingerprint density at radius 1 is 1.32 bits per heavy atom. The lowest BCUT2D eigenvalue weighted by atomic mass is 9.96. The molecule has 0 fully saturated rings. The van der Waals surface area contributed by atoms with Gasteiger partial charge in [0.05, 0.1) is 0 Å². The predicted molar refractivity (Wildman–Crippen MR) is 84.9 cm³/mol. The third kappa shape index (κ3) is 6.70. The fourth-order valence-electron chi connectivity index (χ4n) is 1.65. The smallest absolute Gasteiger partial charge is 0.387 e. The summed E-state index contributed by atoms with van der Waals surface area (Å²) in [6.45, 7) is 4.03. The minimum Gasteiger partial charge on any atom is -0.434 e. The molecular formula is C15H21BrF2N2O2. The molecule has 0 bridgehead atoms. The Kier molecular flexibility index (Phi) is 7.22. The lowest BCUT2D eigenvalue weighted by Crippen LogP contribution is -2.38. The maximum atomic E-state index is 12.3. The second kappa shape index (κ2) is 8.43. The number of halogens is 3. The van der Waals surface area contributed by atoms with Crippen molar-refractivity contribution in [2.75, 3.05) is 13.1 Å². The molecule has 1 amide bonds. The summed E-state index contributed by atoms with van der Waals surface area (Å²) >= 11 is 3.30. The molecule has 22 heavy (non-hydrogen) atoms. The molecule has 0 radical (unpaired) electrons. The van der Waals surface area contributed by atoms with Crippen molar-refractivity contribution in [3.8, 4) is 5.75 Å². The summed E-state index contributed by atoms with van der Waals surface area (Å²) < 4.78 is 29.9. The van der Waals surface area contributed by atoms with E-state index in [0.717, 1.165) is 4.47 Å². The van der Waals surface area contributed by atoms with E-state index in [1.165, 1.54) is 6.07 Å². The van der Waals surface area contributed by atoms with Gasteiger partial charge in [-0.25, -0.2) is 0 Å². The van der Waals surface area contributed by atoms with Crippen LogP contribution < -0.4 is 15.4 Å². The predicted octanol–water partition coefficient (Wildman–Crippen LogP) is 3.30. The summed E-state index contributed by atoms with van der Waals surface area (Å²) in [6, 6.07) is 4.86. The molecule has 0 aliphatic heterocycles. The molecule has 1 aromatic rings. The molecule has 2 N–H and O–H groups in total. The molecule has 1 aromatic carbocycles. The second-order valence-corrected chi connectivity index (χ2v) is 6.73. The molecule has 0 aliphatic carbocycles. The minimum absolute atomic E-state index is 0.0292. The monoisotopic (exact) mass is 378 g/mol. The van der Waals surface area contributed by atoms with Gasteiger partial charge in [-0.05, 0) is 18.2 Å². The molecule has 0 atom stereocenters. The third-order valence-electron chi connectivity index (χ3n) is 2.82. The third-order valence-corrected chi connectivity index (χ3v) is 3.32. The molecule has 0 unspecified atom stereocenters. The molecule has 0 aromatic heterocycles. The highest BCUT2D eigenvalue weighted by Crippen LogP contribution is 2.24. The molecule has 0 aliphatic rings. The van der Waals surface area contributed by atoms with Crippen LogP contribution in [0.2, 0.25) is 0 Å². The first kappa shape index (κ1) is 18.8. The number of hydrogen-bond donors (Lipinski definition) is 2. The van der Waals surface area contributed by atoms with E-state index >= 15 is 0 Å². The second-order valence-electron chi connectivity index (χ2n) is 5.81. The van der Waals surface area contributed by atoms with E-state index in [4.69, 9.17) is 0 Å². The fraction of sp³-hybridized carbons (Fsp3) is 0.533. The Bertz CT molecular complexity index is 505. The van der Waals surface area contributed by atoms with Crippen LogP contribution in [0.25, 0.3) is 0 Å². The standard InChI is InChI=1S/C15H21BrF2N2O2/c1-15(2,3)13(21)20-7-6-19-9-10-8-11(16)4-5-12(10)22-14(17)18/h4-5,8,14,19H,6-7,9H2,1-3H3,(H,20,21). The van der Waals surface area contributed by atoms with Crippen molar-refractivity contribution in [3.05, 3.63) is 28.2 Å². The molecular weight excluding hydrogens is 358 g/mol. The zero-order valence-corrected chi connectivity index (χ0v) is 14.5. The quantitative estimate of drug-likeness (QED) is 0.715. The van der Waals surface area contributed by atoms with Crippen molar-refractivity contribution in [1.29, 1.82) is 0 Å². The zero-order valence-electron chi connectivity index (χ0n) is 12.9. The number of hydrogen-bond acceptors (Lipinski definition) is 3. The first-order valence-electron chi connectivity index (χ1n) is 6.92. The van der Waals surface area contributed by atoms with Crippen LogP contribution in [0.1, 0.15) is 26.3 Å². The van der Waals surface area contributed by atoms with Crippen LogP contribution in [-0.2, 0) is 11.3 Å². The van der Waals surface area contributed by atoms with E-state index < -0.39 is 12.0 Å². The average Bonchev–Trinajstić information content (AvgIpc) is 2.39. The maximum absolute atomic E-state index is 12.3. The van der Waals surface area contributed by atoms with Crippen LogP contribution >= 0.6 is 15.9 Å². The van der Waals surface area contributed by atoms with Gasteiger partial charge < -0.3 is 15.4 Å². The van der Waals surface area contributed by atoms with E-state index in [1.54, 1.807) is 12.1 Å².